The van der Waals surface area contributed by atoms with Crippen molar-refractivity contribution in [2.24, 2.45) is 0 Å². The highest BCUT2D eigenvalue weighted by atomic mass is 15.1. The Morgan fingerprint density at radius 1 is 1.38 bits per heavy atom. The van der Waals surface area contributed by atoms with Crippen LogP contribution in [0.2, 0.25) is 0 Å². The first-order valence-corrected chi connectivity index (χ1v) is 5.84. The number of nitrogen functional groups attached to an aromatic ring is 1. The van der Waals surface area contributed by atoms with Crippen LogP contribution in [0.1, 0.15) is 24.8 Å². The van der Waals surface area contributed by atoms with Gasteiger partial charge in [0.2, 0.25) is 0 Å². The first kappa shape index (κ1) is 12.8. The molecule has 0 saturated heterocycles. The first-order chi connectivity index (χ1) is 7.67. The third-order valence-corrected chi connectivity index (χ3v) is 2.76. The van der Waals surface area contributed by atoms with E-state index in [-0.39, 0.29) is 0 Å². The standard InChI is InChI=1S/C14H22N2/c1-4-10-16(3)11-12(5-2)13-6-8-14(15)9-7-13/h5-9,12H,2,4,10-11,15H2,1,3H3. The topological polar surface area (TPSA) is 29.3 Å². The van der Waals surface area contributed by atoms with Gasteiger partial charge in [0.15, 0.2) is 0 Å². The van der Waals surface area contributed by atoms with Crippen molar-refractivity contribution in [2.75, 3.05) is 25.9 Å². The quantitative estimate of drug-likeness (QED) is 0.587. The normalized spacial score (nSPS) is 12.7. The molecule has 0 spiro atoms. The molecule has 1 rings (SSSR count). The van der Waals surface area contributed by atoms with Gasteiger partial charge in [0.1, 0.15) is 0 Å². The molecule has 0 aliphatic carbocycles. The summed E-state index contributed by atoms with van der Waals surface area (Å²) in [6, 6.07) is 8.07. The van der Waals surface area contributed by atoms with Gasteiger partial charge in [-0.3, -0.25) is 0 Å². The van der Waals surface area contributed by atoms with Crippen LogP contribution in [-0.4, -0.2) is 25.0 Å². The Morgan fingerprint density at radius 3 is 2.50 bits per heavy atom. The van der Waals surface area contributed by atoms with E-state index in [2.05, 4.69) is 37.6 Å². The molecule has 1 unspecified atom stereocenters. The van der Waals surface area contributed by atoms with Crippen LogP contribution < -0.4 is 5.73 Å². The van der Waals surface area contributed by atoms with Gasteiger partial charge in [-0.1, -0.05) is 25.1 Å². The minimum Gasteiger partial charge on any atom is -0.399 e. The van der Waals surface area contributed by atoms with Crippen molar-refractivity contribution >= 4 is 5.69 Å². The van der Waals surface area contributed by atoms with Crippen molar-refractivity contribution < 1.29 is 0 Å². The molecule has 0 aromatic heterocycles. The number of nitrogens with two attached hydrogens (primary N) is 1. The Bertz CT molecular complexity index is 316. The van der Waals surface area contributed by atoms with Crippen molar-refractivity contribution in [3.63, 3.8) is 0 Å². The maximum atomic E-state index is 5.68. The highest BCUT2D eigenvalue weighted by Crippen LogP contribution is 2.19. The Morgan fingerprint density at radius 2 is 2.00 bits per heavy atom. The molecule has 1 aromatic rings. The van der Waals surface area contributed by atoms with Crippen molar-refractivity contribution in [1.82, 2.24) is 4.90 Å². The fraction of sp³-hybridized carbons (Fsp3) is 0.429. The van der Waals surface area contributed by atoms with E-state index in [9.17, 15) is 0 Å². The van der Waals surface area contributed by atoms with Crippen LogP contribution in [0.5, 0.6) is 0 Å². The summed E-state index contributed by atoms with van der Waals surface area (Å²) >= 11 is 0. The van der Waals surface area contributed by atoms with Crippen LogP contribution in [0.4, 0.5) is 5.69 Å². The van der Waals surface area contributed by atoms with Crippen LogP contribution in [0, 0.1) is 0 Å². The molecule has 0 aliphatic heterocycles. The number of hydrogen-bond acceptors (Lipinski definition) is 2. The average Bonchev–Trinajstić information content (AvgIpc) is 2.27. The van der Waals surface area contributed by atoms with Gasteiger partial charge in [-0.2, -0.15) is 0 Å². The lowest BCUT2D eigenvalue weighted by Gasteiger charge is -2.21. The molecule has 1 aromatic carbocycles. The second kappa shape index (κ2) is 6.33. The second-order valence-electron chi connectivity index (χ2n) is 4.27. The predicted molar refractivity (Wildman–Crippen MR) is 71.6 cm³/mol. The van der Waals surface area contributed by atoms with Crippen molar-refractivity contribution in [2.45, 2.75) is 19.3 Å². The second-order valence-corrected chi connectivity index (χ2v) is 4.27. The lowest BCUT2D eigenvalue weighted by molar-refractivity contribution is 0.326. The number of hydrogen-bond donors (Lipinski definition) is 1. The van der Waals surface area contributed by atoms with Gasteiger partial charge in [-0.15, -0.1) is 6.58 Å². The fourth-order valence-electron chi connectivity index (χ4n) is 1.87. The summed E-state index contributed by atoms with van der Waals surface area (Å²) in [5.41, 5.74) is 7.78. The Balaban J connectivity index is 2.67. The molecule has 16 heavy (non-hydrogen) atoms. The van der Waals surface area contributed by atoms with Gasteiger partial charge in [-0.05, 0) is 37.7 Å². The number of anilines is 1. The van der Waals surface area contributed by atoms with Crippen LogP contribution in [0.15, 0.2) is 36.9 Å². The smallest absolute Gasteiger partial charge is 0.0314 e. The van der Waals surface area contributed by atoms with E-state index in [1.165, 1.54) is 12.0 Å². The van der Waals surface area contributed by atoms with Gasteiger partial charge in [0.25, 0.3) is 0 Å². The van der Waals surface area contributed by atoms with Crippen LogP contribution in [0.3, 0.4) is 0 Å². The average molecular weight is 218 g/mol. The molecule has 2 nitrogen and oxygen atoms in total. The summed E-state index contributed by atoms with van der Waals surface area (Å²) in [7, 11) is 2.15. The van der Waals surface area contributed by atoms with Gasteiger partial charge in [-0.25, -0.2) is 0 Å². The van der Waals surface area contributed by atoms with E-state index >= 15 is 0 Å². The van der Waals surface area contributed by atoms with Gasteiger partial charge < -0.3 is 10.6 Å². The molecule has 88 valence electrons. The third kappa shape index (κ3) is 3.70. The SMILES string of the molecule is C=CC(CN(C)CCC)c1ccc(N)cc1. The van der Waals surface area contributed by atoms with Gasteiger partial charge >= 0.3 is 0 Å². The fourth-order valence-corrected chi connectivity index (χ4v) is 1.87. The summed E-state index contributed by atoms with van der Waals surface area (Å²) < 4.78 is 0. The molecular formula is C14H22N2. The van der Waals surface area contributed by atoms with E-state index in [4.69, 9.17) is 5.73 Å². The molecule has 0 heterocycles. The van der Waals surface area contributed by atoms with Crippen LogP contribution in [0.25, 0.3) is 0 Å². The van der Waals surface area contributed by atoms with E-state index in [0.29, 0.717) is 5.92 Å². The molecule has 0 bridgehead atoms. The molecule has 2 heteroatoms. The molecule has 0 fully saturated rings. The van der Waals surface area contributed by atoms with Crippen LogP contribution in [-0.2, 0) is 0 Å². The van der Waals surface area contributed by atoms with Crippen molar-refractivity contribution in [3.05, 3.63) is 42.5 Å². The molecule has 1 atom stereocenters. The summed E-state index contributed by atoms with van der Waals surface area (Å²) in [6.07, 6.45) is 3.19. The molecule has 0 amide bonds. The lowest BCUT2D eigenvalue weighted by atomic mass is 9.98. The lowest BCUT2D eigenvalue weighted by Crippen LogP contribution is -2.24. The Kier molecular flexibility index (Phi) is 5.06. The molecule has 0 aliphatic rings. The maximum absolute atomic E-state index is 5.68. The monoisotopic (exact) mass is 218 g/mol. The van der Waals surface area contributed by atoms with E-state index < -0.39 is 0 Å². The van der Waals surface area contributed by atoms with E-state index in [0.717, 1.165) is 18.8 Å². The van der Waals surface area contributed by atoms with E-state index in [1.54, 1.807) is 0 Å². The summed E-state index contributed by atoms with van der Waals surface area (Å²) in [4.78, 5) is 2.34. The number of nitrogens with zero attached hydrogens (tertiary/aromatic N) is 1. The van der Waals surface area contributed by atoms with Gasteiger partial charge in [0.05, 0.1) is 0 Å². The minimum atomic E-state index is 0.386. The minimum absolute atomic E-state index is 0.386. The molecule has 0 saturated carbocycles. The molecule has 2 N–H and O–H groups in total. The van der Waals surface area contributed by atoms with Crippen LogP contribution >= 0.6 is 0 Å². The largest absolute Gasteiger partial charge is 0.399 e. The third-order valence-electron chi connectivity index (χ3n) is 2.76. The number of benzene rings is 1. The highest BCUT2D eigenvalue weighted by Gasteiger charge is 2.09. The molecule has 0 radical (unpaired) electrons. The predicted octanol–water partition coefficient (Wildman–Crippen LogP) is 2.88. The first-order valence-electron chi connectivity index (χ1n) is 5.84. The summed E-state index contributed by atoms with van der Waals surface area (Å²) in [5, 5.41) is 0. The zero-order chi connectivity index (χ0) is 12.0. The van der Waals surface area contributed by atoms with E-state index in [1.807, 2.05) is 18.2 Å². The zero-order valence-electron chi connectivity index (χ0n) is 10.3. The summed E-state index contributed by atoms with van der Waals surface area (Å²) in [5.74, 6) is 0.386. The zero-order valence-corrected chi connectivity index (χ0v) is 10.3. The van der Waals surface area contributed by atoms with Crippen molar-refractivity contribution in [3.8, 4) is 0 Å². The summed E-state index contributed by atoms with van der Waals surface area (Å²) in [6.45, 7) is 8.25. The van der Waals surface area contributed by atoms with Gasteiger partial charge in [0, 0.05) is 18.2 Å². The number of likely N-dealkylation sites (N-methyl/N-ethyl adjacent to an activating group) is 1. The Labute approximate surface area is 98.8 Å². The van der Waals surface area contributed by atoms with Crippen molar-refractivity contribution in [1.29, 1.82) is 0 Å². The maximum Gasteiger partial charge on any atom is 0.0314 e. The Hall–Kier alpha value is -1.28. The number of rotatable bonds is 6. The highest BCUT2D eigenvalue weighted by molar-refractivity contribution is 5.41. The molecular weight excluding hydrogens is 196 g/mol.